The van der Waals surface area contributed by atoms with Crippen molar-refractivity contribution < 1.29 is 4.79 Å². The van der Waals surface area contributed by atoms with Gasteiger partial charge in [-0.15, -0.1) is 11.3 Å². The summed E-state index contributed by atoms with van der Waals surface area (Å²) in [6.07, 6.45) is 0. The topological polar surface area (TPSA) is 60.0 Å². The van der Waals surface area contributed by atoms with Crippen molar-refractivity contribution in [1.82, 2.24) is 15.5 Å². The summed E-state index contributed by atoms with van der Waals surface area (Å²) < 4.78 is 0. The molecule has 1 aliphatic rings. The first-order valence-electron chi connectivity index (χ1n) is 10.0. The molecule has 2 aromatic rings. The first-order valence-corrected chi connectivity index (χ1v) is 10.9. The first-order chi connectivity index (χ1) is 13.9. The molecule has 0 atom stereocenters. The molecule has 0 unspecified atom stereocenters. The molecule has 1 saturated heterocycles. The van der Waals surface area contributed by atoms with Crippen molar-refractivity contribution >= 4 is 28.2 Å². The lowest BCUT2D eigenvalue weighted by atomic mass is 10.1. The summed E-state index contributed by atoms with van der Waals surface area (Å²) in [4.78, 5) is 21.6. The Kier molecular flexibility index (Phi) is 6.79. The van der Waals surface area contributed by atoms with E-state index in [-0.39, 0.29) is 11.4 Å². The number of carbonyl (C=O) groups excluding carboxylic acids is 1. The third-order valence-corrected chi connectivity index (χ3v) is 5.67. The van der Waals surface area contributed by atoms with Gasteiger partial charge in [-0.2, -0.15) is 0 Å². The number of nitrogens with zero attached hydrogens (tertiary/aromatic N) is 3. The van der Waals surface area contributed by atoms with Crippen LogP contribution in [0.2, 0.25) is 0 Å². The number of thiophene rings is 1. The fourth-order valence-electron chi connectivity index (χ4n) is 3.34. The van der Waals surface area contributed by atoms with Gasteiger partial charge in [0, 0.05) is 50.9 Å². The standard InChI is InChI=1S/C22H31N5OS/c1-22(2,3)25-20(28)18-8-5-7-17(15-18)16-24-21(23-4)27-12-10-26(11-13-27)19-9-6-14-29-19/h5-9,14-15H,10-13,16H2,1-4H3,(H,23,24)(H,25,28). The van der Waals surface area contributed by atoms with E-state index in [0.29, 0.717) is 12.1 Å². The Balaban J connectivity index is 1.55. The van der Waals surface area contributed by atoms with Crippen LogP contribution in [0.3, 0.4) is 0 Å². The van der Waals surface area contributed by atoms with E-state index in [0.717, 1.165) is 37.7 Å². The highest BCUT2D eigenvalue weighted by molar-refractivity contribution is 7.14. The molecule has 2 heterocycles. The number of benzene rings is 1. The van der Waals surface area contributed by atoms with Gasteiger partial charge in [0.1, 0.15) is 0 Å². The fourth-order valence-corrected chi connectivity index (χ4v) is 4.12. The molecule has 1 fully saturated rings. The second-order valence-electron chi connectivity index (χ2n) is 8.23. The van der Waals surface area contributed by atoms with E-state index >= 15 is 0 Å². The highest BCUT2D eigenvalue weighted by Gasteiger charge is 2.20. The average Bonchev–Trinajstić information content (AvgIpc) is 3.23. The Labute approximate surface area is 177 Å². The van der Waals surface area contributed by atoms with Crippen LogP contribution in [0, 0.1) is 0 Å². The van der Waals surface area contributed by atoms with Crippen LogP contribution in [-0.2, 0) is 6.54 Å². The fraction of sp³-hybridized carbons (Fsp3) is 0.455. The van der Waals surface area contributed by atoms with Crippen LogP contribution in [0.15, 0.2) is 46.8 Å². The van der Waals surface area contributed by atoms with Crippen molar-refractivity contribution in [3.63, 3.8) is 0 Å². The van der Waals surface area contributed by atoms with Crippen molar-refractivity contribution in [2.45, 2.75) is 32.9 Å². The molecule has 0 saturated carbocycles. The number of carbonyl (C=O) groups is 1. The number of amides is 1. The maximum absolute atomic E-state index is 12.4. The molecule has 0 aliphatic carbocycles. The van der Waals surface area contributed by atoms with Crippen LogP contribution in [0.4, 0.5) is 5.00 Å². The van der Waals surface area contributed by atoms with Gasteiger partial charge in [-0.25, -0.2) is 0 Å². The van der Waals surface area contributed by atoms with Crippen molar-refractivity contribution in [3.8, 4) is 0 Å². The number of piperazine rings is 1. The predicted molar refractivity (Wildman–Crippen MR) is 122 cm³/mol. The van der Waals surface area contributed by atoms with Gasteiger partial charge in [0.25, 0.3) is 5.91 Å². The van der Waals surface area contributed by atoms with Crippen LogP contribution < -0.4 is 15.5 Å². The Hall–Kier alpha value is -2.54. The minimum atomic E-state index is -0.251. The lowest BCUT2D eigenvalue weighted by molar-refractivity contribution is 0.0919. The number of nitrogens with one attached hydrogen (secondary N) is 2. The van der Waals surface area contributed by atoms with E-state index < -0.39 is 0 Å². The van der Waals surface area contributed by atoms with E-state index in [2.05, 4.69) is 42.9 Å². The second kappa shape index (κ2) is 9.31. The Morgan fingerprint density at radius 3 is 2.52 bits per heavy atom. The quantitative estimate of drug-likeness (QED) is 0.597. The second-order valence-corrected chi connectivity index (χ2v) is 9.16. The Morgan fingerprint density at radius 2 is 1.90 bits per heavy atom. The minimum absolute atomic E-state index is 0.0477. The van der Waals surface area contributed by atoms with Crippen LogP contribution in [0.5, 0.6) is 0 Å². The van der Waals surface area contributed by atoms with Crippen molar-refractivity contribution in [3.05, 3.63) is 52.9 Å². The highest BCUT2D eigenvalue weighted by atomic mass is 32.1. The maximum Gasteiger partial charge on any atom is 0.251 e. The molecule has 2 N–H and O–H groups in total. The normalized spacial score (nSPS) is 15.4. The van der Waals surface area contributed by atoms with Gasteiger partial charge < -0.3 is 20.4 Å². The molecule has 0 radical (unpaired) electrons. The summed E-state index contributed by atoms with van der Waals surface area (Å²) in [5.41, 5.74) is 1.49. The summed E-state index contributed by atoms with van der Waals surface area (Å²) in [5, 5.41) is 9.91. The summed E-state index contributed by atoms with van der Waals surface area (Å²) in [6, 6.07) is 12.0. The van der Waals surface area contributed by atoms with Gasteiger partial charge in [0.2, 0.25) is 0 Å². The van der Waals surface area contributed by atoms with Crippen molar-refractivity contribution in [2.24, 2.45) is 4.99 Å². The minimum Gasteiger partial charge on any atom is -0.360 e. The molecule has 3 rings (SSSR count). The lowest BCUT2D eigenvalue weighted by Crippen LogP contribution is -2.52. The molecule has 7 heteroatoms. The molecule has 1 aromatic carbocycles. The number of anilines is 1. The van der Waals surface area contributed by atoms with Gasteiger partial charge >= 0.3 is 0 Å². The molecule has 6 nitrogen and oxygen atoms in total. The van der Waals surface area contributed by atoms with Gasteiger partial charge in [-0.1, -0.05) is 12.1 Å². The van der Waals surface area contributed by atoms with Gasteiger partial charge in [-0.3, -0.25) is 9.79 Å². The van der Waals surface area contributed by atoms with Crippen LogP contribution >= 0.6 is 11.3 Å². The summed E-state index contributed by atoms with van der Waals surface area (Å²) >= 11 is 1.79. The largest absolute Gasteiger partial charge is 0.360 e. The van der Waals surface area contributed by atoms with E-state index in [9.17, 15) is 4.79 Å². The van der Waals surface area contributed by atoms with E-state index in [1.807, 2.05) is 52.1 Å². The molecule has 29 heavy (non-hydrogen) atoms. The molecule has 0 spiro atoms. The van der Waals surface area contributed by atoms with Crippen molar-refractivity contribution in [2.75, 3.05) is 38.1 Å². The molecule has 1 amide bonds. The lowest BCUT2D eigenvalue weighted by Gasteiger charge is -2.37. The molecule has 1 aromatic heterocycles. The Morgan fingerprint density at radius 1 is 1.14 bits per heavy atom. The van der Waals surface area contributed by atoms with Crippen LogP contribution in [-0.4, -0.2) is 55.5 Å². The van der Waals surface area contributed by atoms with Gasteiger partial charge in [0.05, 0.1) is 5.00 Å². The van der Waals surface area contributed by atoms with Crippen LogP contribution in [0.1, 0.15) is 36.7 Å². The third-order valence-electron chi connectivity index (χ3n) is 4.74. The smallest absolute Gasteiger partial charge is 0.251 e. The predicted octanol–water partition coefficient (Wildman–Crippen LogP) is 3.17. The summed E-state index contributed by atoms with van der Waals surface area (Å²) in [7, 11) is 1.82. The van der Waals surface area contributed by atoms with Gasteiger partial charge in [0.15, 0.2) is 5.96 Å². The third kappa shape index (κ3) is 5.97. The number of rotatable bonds is 4. The van der Waals surface area contributed by atoms with E-state index in [1.165, 1.54) is 5.00 Å². The summed E-state index contributed by atoms with van der Waals surface area (Å²) in [5.74, 6) is 0.855. The first kappa shape index (κ1) is 21.2. The van der Waals surface area contributed by atoms with E-state index in [1.54, 1.807) is 11.3 Å². The maximum atomic E-state index is 12.4. The highest BCUT2D eigenvalue weighted by Crippen LogP contribution is 2.22. The number of guanidine groups is 1. The number of aliphatic imine (C=N–C) groups is 1. The molecular weight excluding hydrogens is 382 g/mol. The summed E-state index contributed by atoms with van der Waals surface area (Å²) in [6.45, 7) is 10.4. The zero-order valence-electron chi connectivity index (χ0n) is 17.7. The number of hydrogen-bond donors (Lipinski definition) is 2. The van der Waals surface area contributed by atoms with E-state index in [4.69, 9.17) is 0 Å². The zero-order valence-corrected chi connectivity index (χ0v) is 18.6. The average molecular weight is 414 g/mol. The van der Waals surface area contributed by atoms with Crippen LogP contribution in [0.25, 0.3) is 0 Å². The van der Waals surface area contributed by atoms with Crippen molar-refractivity contribution in [1.29, 1.82) is 0 Å². The molecule has 0 bridgehead atoms. The Bertz CT molecular complexity index is 833. The number of hydrogen-bond acceptors (Lipinski definition) is 4. The monoisotopic (exact) mass is 413 g/mol. The SMILES string of the molecule is CN=C(NCc1cccc(C(=O)NC(C)(C)C)c1)N1CCN(c2cccs2)CC1. The molecular formula is C22H31N5OS. The molecule has 1 aliphatic heterocycles. The zero-order chi connectivity index (χ0) is 20.9. The molecule has 156 valence electrons. The van der Waals surface area contributed by atoms with Gasteiger partial charge in [-0.05, 0) is 56.0 Å².